The van der Waals surface area contributed by atoms with Crippen LogP contribution in [0.25, 0.3) is 0 Å². The first-order valence-electron chi connectivity index (χ1n) is 3.46. The average Bonchev–Trinajstić information content (AvgIpc) is 2.61. The van der Waals surface area contributed by atoms with Gasteiger partial charge in [0.2, 0.25) is 5.24 Å². The minimum atomic E-state index is -0.0787. The SMILES string of the molecule is O=C(Cl)C1(C2CC2)CC1. The van der Waals surface area contributed by atoms with Crippen molar-refractivity contribution in [1.82, 2.24) is 0 Å². The molecule has 9 heavy (non-hydrogen) atoms. The fourth-order valence-electron chi connectivity index (χ4n) is 1.54. The summed E-state index contributed by atoms with van der Waals surface area (Å²) in [6.07, 6.45) is 4.58. The van der Waals surface area contributed by atoms with Crippen molar-refractivity contribution in [3.8, 4) is 0 Å². The second-order valence-electron chi connectivity index (χ2n) is 3.20. The van der Waals surface area contributed by atoms with E-state index in [0.29, 0.717) is 5.92 Å². The van der Waals surface area contributed by atoms with Crippen molar-refractivity contribution in [2.45, 2.75) is 25.7 Å². The summed E-state index contributed by atoms with van der Waals surface area (Å²) in [5, 5.41) is -0.0787. The fraction of sp³-hybridized carbons (Fsp3) is 0.857. The maximum atomic E-state index is 10.8. The van der Waals surface area contributed by atoms with Crippen LogP contribution < -0.4 is 0 Å². The summed E-state index contributed by atoms with van der Waals surface area (Å²) < 4.78 is 0. The summed E-state index contributed by atoms with van der Waals surface area (Å²) in [5.41, 5.74) is -0.0123. The highest BCUT2D eigenvalue weighted by atomic mass is 35.5. The fourth-order valence-corrected chi connectivity index (χ4v) is 1.88. The van der Waals surface area contributed by atoms with Gasteiger partial charge in [-0.3, -0.25) is 4.79 Å². The van der Waals surface area contributed by atoms with Crippen molar-refractivity contribution in [2.75, 3.05) is 0 Å². The van der Waals surface area contributed by atoms with Gasteiger partial charge in [0.1, 0.15) is 0 Å². The van der Waals surface area contributed by atoms with E-state index in [0.717, 1.165) is 12.8 Å². The third-order valence-corrected chi connectivity index (χ3v) is 2.92. The van der Waals surface area contributed by atoms with E-state index in [1.807, 2.05) is 0 Å². The number of carbonyl (C=O) groups is 1. The lowest BCUT2D eigenvalue weighted by molar-refractivity contribution is -0.116. The first-order valence-corrected chi connectivity index (χ1v) is 3.83. The number of carbonyl (C=O) groups excluding carboxylic acids is 1. The largest absolute Gasteiger partial charge is 0.281 e. The van der Waals surface area contributed by atoms with Crippen molar-refractivity contribution in [1.29, 1.82) is 0 Å². The van der Waals surface area contributed by atoms with Crippen LogP contribution >= 0.6 is 11.6 Å². The zero-order chi connectivity index (χ0) is 6.48. The molecule has 0 radical (unpaired) electrons. The lowest BCUT2D eigenvalue weighted by Crippen LogP contribution is -2.11. The maximum absolute atomic E-state index is 10.8. The van der Waals surface area contributed by atoms with Crippen LogP contribution in [-0.4, -0.2) is 5.24 Å². The zero-order valence-corrected chi connectivity index (χ0v) is 5.95. The van der Waals surface area contributed by atoms with Gasteiger partial charge in [0.15, 0.2) is 0 Å². The summed E-state index contributed by atoms with van der Waals surface area (Å²) in [6, 6.07) is 0. The lowest BCUT2D eigenvalue weighted by Gasteiger charge is -2.04. The van der Waals surface area contributed by atoms with E-state index in [-0.39, 0.29) is 10.7 Å². The van der Waals surface area contributed by atoms with Crippen LogP contribution in [0.1, 0.15) is 25.7 Å². The van der Waals surface area contributed by atoms with E-state index in [2.05, 4.69) is 0 Å². The van der Waals surface area contributed by atoms with Crippen molar-refractivity contribution >= 4 is 16.8 Å². The molecule has 0 aliphatic heterocycles. The third-order valence-electron chi connectivity index (χ3n) is 2.54. The predicted molar refractivity (Wildman–Crippen MR) is 35.3 cm³/mol. The topological polar surface area (TPSA) is 17.1 Å². The van der Waals surface area contributed by atoms with E-state index in [1.165, 1.54) is 12.8 Å². The quantitative estimate of drug-likeness (QED) is 0.542. The number of rotatable bonds is 2. The summed E-state index contributed by atoms with van der Waals surface area (Å²) in [7, 11) is 0. The van der Waals surface area contributed by atoms with Crippen LogP contribution in [0.2, 0.25) is 0 Å². The molecule has 1 nitrogen and oxygen atoms in total. The van der Waals surface area contributed by atoms with Crippen LogP contribution in [0.3, 0.4) is 0 Å². The standard InChI is InChI=1S/C7H9ClO/c8-6(9)7(3-4-7)5-1-2-5/h5H,1-4H2. The highest BCUT2D eigenvalue weighted by Gasteiger charge is 2.58. The lowest BCUT2D eigenvalue weighted by atomic mass is 10.0. The molecule has 0 aromatic carbocycles. The molecule has 50 valence electrons. The molecule has 2 rings (SSSR count). The molecule has 0 N–H and O–H groups in total. The molecule has 2 fully saturated rings. The third kappa shape index (κ3) is 0.710. The minimum Gasteiger partial charge on any atom is -0.281 e. The minimum absolute atomic E-state index is 0.0123. The predicted octanol–water partition coefficient (Wildman–Crippen LogP) is 1.94. The molecule has 0 heterocycles. The molecule has 0 aromatic heterocycles. The monoisotopic (exact) mass is 144 g/mol. The Kier molecular flexibility index (Phi) is 0.963. The Morgan fingerprint density at radius 3 is 2.11 bits per heavy atom. The van der Waals surface area contributed by atoms with Crippen molar-refractivity contribution < 1.29 is 4.79 Å². The second-order valence-corrected chi connectivity index (χ2v) is 3.55. The Balaban J connectivity index is 2.12. The molecular weight excluding hydrogens is 136 g/mol. The van der Waals surface area contributed by atoms with E-state index in [9.17, 15) is 4.79 Å². The van der Waals surface area contributed by atoms with E-state index in [4.69, 9.17) is 11.6 Å². The molecule has 0 bridgehead atoms. The van der Waals surface area contributed by atoms with Crippen LogP contribution in [0.4, 0.5) is 0 Å². The molecule has 2 aliphatic carbocycles. The second kappa shape index (κ2) is 1.51. The summed E-state index contributed by atoms with van der Waals surface area (Å²) >= 11 is 5.43. The number of halogens is 1. The molecular formula is C7H9ClO. The van der Waals surface area contributed by atoms with Crippen molar-refractivity contribution in [2.24, 2.45) is 11.3 Å². The molecule has 0 atom stereocenters. The smallest absolute Gasteiger partial charge is 0.228 e. The van der Waals surface area contributed by atoms with Crippen LogP contribution in [0, 0.1) is 11.3 Å². The van der Waals surface area contributed by atoms with Gasteiger partial charge in [0, 0.05) is 5.41 Å². The Morgan fingerprint density at radius 1 is 1.44 bits per heavy atom. The van der Waals surface area contributed by atoms with Gasteiger partial charge in [0.25, 0.3) is 0 Å². The normalized spacial score (nSPS) is 29.9. The van der Waals surface area contributed by atoms with Gasteiger partial charge in [-0.1, -0.05) is 0 Å². The molecule has 2 aliphatic rings. The summed E-state index contributed by atoms with van der Waals surface area (Å²) in [5.74, 6) is 0.669. The van der Waals surface area contributed by atoms with Gasteiger partial charge in [-0.2, -0.15) is 0 Å². The Bertz CT molecular complexity index is 156. The van der Waals surface area contributed by atoms with Crippen LogP contribution in [0.15, 0.2) is 0 Å². The Hall–Kier alpha value is -0.0400. The molecule has 0 spiro atoms. The average molecular weight is 145 g/mol. The van der Waals surface area contributed by atoms with Gasteiger partial charge in [-0.15, -0.1) is 0 Å². The van der Waals surface area contributed by atoms with E-state index >= 15 is 0 Å². The van der Waals surface area contributed by atoms with Crippen molar-refractivity contribution in [3.05, 3.63) is 0 Å². The molecule has 0 amide bonds. The van der Waals surface area contributed by atoms with E-state index < -0.39 is 0 Å². The first kappa shape index (κ1) is 5.72. The van der Waals surface area contributed by atoms with Crippen molar-refractivity contribution in [3.63, 3.8) is 0 Å². The first-order chi connectivity index (χ1) is 4.26. The molecule has 2 saturated carbocycles. The molecule has 0 unspecified atom stereocenters. The number of hydrogen-bond donors (Lipinski definition) is 0. The Morgan fingerprint density at radius 2 is 2.00 bits per heavy atom. The van der Waals surface area contributed by atoms with Gasteiger partial charge < -0.3 is 0 Å². The highest BCUT2D eigenvalue weighted by Crippen LogP contribution is 2.62. The molecule has 0 saturated heterocycles. The molecule has 2 heteroatoms. The van der Waals surface area contributed by atoms with Gasteiger partial charge in [-0.05, 0) is 43.2 Å². The van der Waals surface area contributed by atoms with Gasteiger partial charge >= 0.3 is 0 Å². The van der Waals surface area contributed by atoms with Crippen LogP contribution in [-0.2, 0) is 4.79 Å². The van der Waals surface area contributed by atoms with Gasteiger partial charge in [-0.25, -0.2) is 0 Å². The summed E-state index contributed by atoms with van der Waals surface area (Å²) in [4.78, 5) is 10.8. The zero-order valence-electron chi connectivity index (χ0n) is 5.19. The van der Waals surface area contributed by atoms with Crippen LogP contribution in [0.5, 0.6) is 0 Å². The molecule has 0 aromatic rings. The highest BCUT2D eigenvalue weighted by molar-refractivity contribution is 6.65. The summed E-state index contributed by atoms with van der Waals surface area (Å²) in [6.45, 7) is 0. The number of hydrogen-bond acceptors (Lipinski definition) is 1. The Labute approximate surface area is 59.4 Å². The maximum Gasteiger partial charge on any atom is 0.228 e. The van der Waals surface area contributed by atoms with Gasteiger partial charge in [0.05, 0.1) is 0 Å². The van der Waals surface area contributed by atoms with E-state index in [1.54, 1.807) is 0 Å².